The lowest BCUT2D eigenvalue weighted by molar-refractivity contribution is -0.123. The fourth-order valence-electron chi connectivity index (χ4n) is 3.17. The Bertz CT molecular complexity index is 763. The fraction of sp³-hybridized carbons (Fsp3) is 0.381. The van der Waals surface area contributed by atoms with Crippen molar-refractivity contribution >= 4 is 17.5 Å². The number of para-hydroxylation sites is 2. The van der Waals surface area contributed by atoms with Crippen LogP contribution in [0.3, 0.4) is 0 Å². The van der Waals surface area contributed by atoms with E-state index < -0.39 is 0 Å². The molecule has 0 radical (unpaired) electrons. The summed E-state index contributed by atoms with van der Waals surface area (Å²) in [6.45, 7) is 3.43. The van der Waals surface area contributed by atoms with Crippen LogP contribution < -0.4 is 14.8 Å². The molecule has 150 valence electrons. The van der Waals surface area contributed by atoms with Gasteiger partial charge in [-0.3, -0.25) is 9.69 Å². The molecule has 3 rings (SSSR count). The molecular weight excluding hydrogens is 380 g/mol. The summed E-state index contributed by atoms with van der Waals surface area (Å²) in [5.41, 5.74) is 1.11. The number of amides is 1. The van der Waals surface area contributed by atoms with Crippen molar-refractivity contribution in [1.82, 2.24) is 10.2 Å². The number of morpholine rings is 1. The van der Waals surface area contributed by atoms with E-state index >= 15 is 0 Å². The molecule has 2 aromatic rings. The number of rotatable bonds is 8. The van der Waals surface area contributed by atoms with E-state index in [0.717, 1.165) is 18.7 Å². The SMILES string of the molecule is COc1ccccc1OCC(=O)NC[C@@H](c1ccc(Cl)cc1)N1CCOCC1. The Morgan fingerprint density at radius 2 is 1.82 bits per heavy atom. The Balaban J connectivity index is 1.59. The van der Waals surface area contributed by atoms with Crippen LogP contribution >= 0.6 is 11.6 Å². The summed E-state index contributed by atoms with van der Waals surface area (Å²) in [4.78, 5) is 14.7. The Morgan fingerprint density at radius 1 is 1.14 bits per heavy atom. The topological polar surface area (TPSA) is 60.0 Å². The summed E-state index contributed by atoms with van der Waals surface area (Å²) >= 11 is 6.02. The zero-order chi connectivity index (χ0) is 19.8. The Morgan fingerprint density at radius 3 is 2.50 bits per heavy atom. The van der Waals surface area contributed by atoms with Gasteiger partial charge in [0.15, 0.2) is 18.1 Å². The molecule has 6 nitrogen and oxygen atoms in total. The number of carbonyl (C=O) groups excluding carboxylic acids is 1. The first kappa shape index (κ1) is 20.5. The number of carbonyl (C=O) groups is 1. The van der Waals surface area contributed by atoms with Gasteiger partial charge in [-0.2, -0.15) is 0 Å². The third kappa shape index (κ3) is 5.61. The van der Waals surface area contributed by atoms with Crippen LogP contribution in [0.15, 0.2) is 48.5 Å². The maximum Gasteiger partial charge on any atom is 0.258 e. The summed E-state index contributed by atoms with van der Waals surface area (Å²) < 4.78 is 16.3. The molecule has 0 unspecified atom stereocenters. The van der Waals surface area contributed by atoms with Gasteiger partial charge < -0.3 is 19.5 Å². The van der Waals surface area contributed by atoms with E-state index in [4.69, 9.17) is 25.8 Å². The minimum atomic E-state index is -0.182. The number of hydrogen-bond donors (Lipinski definition) is 1. The van der Waals surface area contributed by atoms with E-state index in [2.05, 4.69) is 10.2 Å². The Labute approximate surface area is 170 Å². The second kappa shape index (κ2) is 10.3. The van der Waals surface area contributed by atoms with E-state index in [1.54, 1.807) is 19.2 Å². The molecule has 1 aliphatic heterocycles. The number of nitrogens with one attached hydrogen (secondary N) is 1. The highest BCUT2D eigenvalue weighted by Gasteiger charge is 2.23. The number of hydrogen-bond acceptors (Lipinski definition) is 5. The van der Waals surface area contributed by atoms with Gasteiger partial charge in [-0.15, -0.1) is 0 Å². The summed E-state index contributed by atoms with van der Waals surface area (Å²) in [6.07, 6.45) is 0. The van der Waals surface area contributed by atoms with Crippen molar-refractivity contribution in [1.29, 1.82) is 0 Å². The maximum absolute atomic E-state index is 12.3. The summed E-state index contributed by atoms with van der Waals surface area (Å²) in [5.74, 6) is 0.961. The molecule has 0 bridgehead atoms. The maximum atomic E-state index is 12.3. The number of methoxy groups -OCH3 is 1. The average molecular weight is 405 g/mol. The molecule has 1 amide bonds. The van der Waals surface area contributed by atoms with E-state index in [1.807, 2.05) is 36.4 Å². The summed E-state index contributed by atoms with van der Waals surface area (Å²) in [6, 6.07) is 15.1. The van der Waals surface area contributed by atoms with Crippen LogP contribution in [0, 0.1) is 0 Å². The Hall–Kier alpha value is -2.28. The van der Waals surface area contributed by atoms with E-state index in [0.29, 0.717) is 36.3 Å². The highest BCUT2D eigenvalue weighted by molar-refractivity contribution is 6.30. The number of nitrogens with zero attached hydrogens (tertiary/aromatic N) is 1. The van der Waals surface area contributed by atoms with Crippen molar-refractivity contribution in [2.45, 2.75) is 6.04 Å². The van der Waals surface area contributed by atoms with Gasteiger partial charge in [0.25, 0.3) is 5.91 Å². The van der Waals surface area contributed by atoms with Gasteiger partial charge in [0.2, 0.25) is 0 Å². The monoisotopic (exact) mass is 404 g/mol. The first-order chi connectivity index (χ1) is 13.7. The van der Waals surface area contributed by atoms with Crippen molar-refractivity contribution in [3.8, 4) is 11.5 Å². The van der Waals surface area contributed by atoms with Crippen LogP contribution in [0.2, 0.25) is 5.02 Å². The summed E-state index contributed by atoms with van der Waals surface area (Å²) in [7, 11) is 1.57. The molecule has 1 heterocycles. The minimum Gasteiger partial charge on any atom is -0.493 e. The lowest BCUT2D eigenvalue weighted by atomic mass is 10.0. The minimum absolute atomic E-state index is 0.0522. The van der Waals surface area contributed by atoms with Gasteiger partial charge in [0.1, 0.15) is 0 Å². The van der Waals surface area contributed by atoms with E-state index in [1.165, 1.54) is 0 Å². The quantitative estimate of drug-likeness (QED) is 0.733. The molecule has 0 aromatic heterocycles. The van der Waals surface area contributed by atoms with Gasteiger partial charge in [0, 0.05) is 24.7 Å². The van der Waals surface area contributed by atoms with Crippen molar-refractivity contribution in [2.24, 2.45) is 0 Å². The molecule has 1 fully saturated rings. The van der Waals surface area contributed by atoms with Crippen LogP contribution in [-0.4, -0.2) is 57.4 Å². The normalized spacial score (nSPS) is 15.6. The lowest BCUT2D eigenvalue weighted by Gasteiger charge is -2.35. The first-order valence-corrected chi connectivity index (χ1v) is 9.65. The van der Waals surface area contributed by atoms with Crippen LogP contribution in [0.4, 0.5) is 0 Å². The first-order valence-electron chi connectivity index (χ1n) is 9.27. The van der Waals surface area contributed by atoms with Crippen LogP contribution in [0.25, 0.3) is 0 Å². The Kier molecular flexibility index (Phi) is 7.54. The molecule has 0 spiro atoms. The highest BCUT2D eigenvalue weighted by Crippen LogP contribution is 2.26. The molecule has 7 heteroatoms. The number of ether oxygens (including phenoxy) is 3. The number of halogens is 1. The van der Waals surface area contributed by atoms with Crippen molar-refractivity contribution < 1.29 is 19.0 Å². The number of benzene rings is 2. The summed E-state index contributed by atoms with van der Waals surface area (Å²) in [5, 5.41) is 3.67. The molecule has 1 N–H and O–H groups in total. The zero-order valence-electron chi connectivity index (χ0n) is 15.9. The third-order valence-electron chi connectivity index (χ3n) is 4.66. The smallest absolute Gasteiger partial charge is 0.258 e. The van der Waals surface area contributed by atoms with Crippen LogP contribution in [-0.2, 0) is 9.53 Å². The highest BCUT2D eigenvalue weighted by atomic mass is 35.5. The van der Waals surface area contributed by atoms with Crippen molar-refractivity contribution in [3.63, 3.8) is 0 Å². The van der Waals surface area contributed by atoms with Crippen LogP contribution in [0.5, 0.6) is 11.5 Å². The molecule has 28 heavy (non-hydrogen) atoms. The van der Waals surface area contributed by atoms with Crippen LogP contribution in [0.1, 0.15) is 11.6 Å². The molecule has 1 atom stereocenters. The molecule has 0 saturated carbocycles. The standard InChI is InChI=1S/C21H25ClN2O4/c1-26-19-4-2-3-5-20(19)28-15-21(25)23-14-18(24-10-12-27-13-11-24)16-6-8-17(22)9-7-16/h2-9,18H,10-15H2,1H3,(H,23,25)/t18-/m0/s1. The van der Waals surface area contributed by atoms with E-state index in [9.17, 15) is 4.79 Å². The van der Waals surface area contributed by atoms with Gasteiger partial charge in [0.05, 0.1) is 26.4 Å². The third-order valence-corrected chi connectivity index (χ3v) is 4.91. The molecule has 0 aliphatic carbocycles. The largest absolute Gasteiger partial charge is 0.493 e. The molecule has 1 aliphatic rings. The molecule has 1 saturated heterocycles. The van der Waals surface area contributed by atoms with Gasteiger partial charge in [-0.25, -0.2) is 0 Å². The van der Waals surface area contributed by atoms with Gasteiger partial charge in [-0.1, -0.05) is 35.9 Å². The lowest BCUT2D eigenvalue weighted by Crippen LogP contribution is -2.44. The predicted molar refractivity (Wildman–Crippen MR) is 108 cm³/mol. The second-order valence-electron chi connectivity index (χ2n) is 6.46. The average Bonchev–Trinajstić information content (AvgIpc) is 2.74. The molecular formula is C21H25ClN2O4. The van der Waals surface area contributed by atoms with E-state index in [-0.39, 0.29) is 18.6 Å². The fourth-order valence-corrected chi connectivity index (χ4v) is 3.30. The zero-order valence-corrected chi connectivity index (χ0v) is 16.7. The molecule has 2 aromatic carbocycles. The van der Waals surface area contributed by atoms with Crippen molar-refractivity contribution in [2.75, 3.05) is 46.6 Å². The van der Waals surface area contributed by atoms with Gasteiger partial charge in [-0.05, 0) is 29.8 Å². The van der Waals surface area contributed by atoms with Crippen molar-refractivity contribution in [3.05, 3.63) is 59.1 Å². The van der Waals surface area contributed by atoms with Gasteiger partial charge >= 0.3 is 0 Å². The second-order valence-corrected chi connectivity index (χ2v) is 6.90. The predicted octanol–water partition coefficient (Wildman–Crippen LogP) is 2.92.